The third kappa shape index (κ3) is 4.79. The number of nitrogens with two attached hydrogens (primary N) is 1. The second-order valence-electron chi connectivity index (χ2n) is 6.47. The summed E-state index contributed by atoms with van der Waals surface area (Å²) in [5.74, 6) is 1.60. The van der Waals surface area contributed by atoms with E-state index >= 15 is 0 Å². The number of thioether (sulfide) groups is 1. The lowest BCUT2D eigenvalue weighted by molar-refractivity contribution is -0.120. The number of hydrogen-bond donors (Lipinski definition) is 2. The lowest BCUT2D eigenvalue weighted by Crippen LogP contribution is -2.35. The van der Waals surface area contributed by atoms with Gasteiger partial charge in [0, 0.05) is 17.5 Å². The van der Waals surface area contributed by atoms with Crippen molar-refractivity contribution in [2.24, 2.45) is 5.73 Å². The van der Waals surface area contributed by atoms with E-state index in [1.807, 2.05) is 0 Å². The van der Waals surface area contributed by atoms with Gasteiger partial charge in [-0.2, -0.15) is 0 Å². The van der Waals surface area contributed by atoms with E-state index in [1.54, 1.807) is 23.1 Å². The molecule has 1 aromatic heterocycles. The molecule has 0 aliphatic carbocycles. The van der Waals surface area contributed by atoms with Gasteiger partial charge in [0.1, 0.15) is 5.25 Å². The molecule has 0 saturated carbocycles. The standard InChI is InChI=1S/C19H24N2OS2.ClH/c1-12(2)13-3-5-14(6-4-13)16(20)11-21-19(22)18-15-7-9-23-17(15)8-10-24-18;/h3-7,9,12,16,18H,8,10-11,20H2,1-2H3,(H,21,22);1H. The number of nitrogens with one attached hydrogen (secondary N) is 1. The van der Waals surface area contributed by atoms with Crippen LogP contribution in [-0.4, -0.2) is 18.2 Å². The number of thiophene rings is 1. The lowest BCUT2D eigenvalue weighted by atomic mass is 9.99. The molecule has 6 heteroatoms. The van der Waals surface area contributed by atoms with Crippen molar-refractivity contribution in [2.45, 2.75) is 37.5 Å². The van der Waals surface area contributed by atoms with E-state index in [0.29, 0.717) is 12.5 Å². The molecule has 0 fully saturated rings. The van der Waals surface area contributed by atoms with Crippen LogP contribution in [0.3, 0.4) is 0 Å². The number of benzene rings is 1. The Morgan fingerprint density at radius 3 is 2.60 bits per heavy atom. The first-order valence-corrected chi connectivity index (χ1v) is 10.3. The molecule has 25 heavy (non-hydrogen) atoms. The van der Waals surface area contributed by atoms with E-state index in [2.05, 4.69) is 54.9 Å². The van der Waals surface area contributed by atoms with Crippen molar-refractivity contribution in [2.75, 3.05) is 12.3 Å². The maximum atomic E-state index is 12.6. The molecule has 3 rings (SSSR count). The van der Waals surface area contributed by atoms with Crippen LogP contribution in [0.25, 0.3) is 0 Å². The second kappa shape index (κ2) is 9.08. The Balaban J connectivity index is 0.00000225. The number of carbonyl (C=O) groups excluding carboxylic acids is 1. The van der Waals surface area contributed by atoms with Crippen LogP contribution in [0.1, 0.15) is 52.6 Å². The molecule has 1 aliphatic rings. The SMILES string of the molecule is CC(C)c1ccc(C(N)CNC(=O)C2SCCc3sccc32)cc1.Cl. The van der Waals surface area contributed by atoms with Crippen LogP contribution < -0.4 is 11.1 Å². The minimum atomic E-state index is -0.175. The van der Waals surface area contributed by atoms with Crippen molar-refractivity contribution in [3.8, 4) is 0 Å². The molecule has 1 aromatic carbocycles. The van der Waals surface area contributed by atoms with Crippen LogP contribution in [-0.2, 0) is 11.2 Å². The Hall–Kier alpha value is -1.01. The summed E-state index contributed by atoms with van der Waals surface area (Å²) in [6.07, 6.45) is 1.07. The first kappa shape index (κ1) is 20.3. The minimum Gasteiger partial charge on any atom is -0.353 e. The molecule has 0 bridgehead atoms. The van der Waals surface area contributed by atoms with Gasteiger partial charge < -0.3 is 11.1 Å². The monoisotopic (exact) mass is 396 g/mol. The molecule has 2 heterocycles. The van der Waals surface area contributed by atoms with Gasteiger partial charge in [0.05, 0.1) is 0 Å². The smallest absolute Gasteiger partial charge is 0.237 e. The van der Waals surface area contributed by atoms with Gasteiger partial charge in [-0.3, -0.25) is 4.79 Å². The number of amides is 1. The average Bonchev–Trinajstić information content (AvgIpc) is 3.08. The van der Waals surface area contributed by atoms with Crippen LogP contribution in [0.2, 0.25) is 0 Å². The highest BCUT2D eigenvalue weighted by Crippen LogP contribution is 2.39. The van der Waals surface area contributed by atoms with E-state index < -0.39 is 0 Å². The molecule has 2 unspecified atom stereocenters. The third-order valence-electron chi connectivity index (χ3n) is 4.44. The Bertz CT molecular complexity index is 700. The van der Waals surface area contributed by atoms with Crippen molar-refractivity contribution in [1.29, 1.82) is 0 Å². The summed E-state index contributed by atoms with van der Waals surface area (Å²) in [5.41, 5.74) is 9.80. The molecular weight excluding hydrogens is 372 g/mol. The van der Waals surface area contributed by atoms with E-state index in [0.717, 1.165) is 17.7 Å². The molecule has 3 nitrogen and oxygen atoms in total. The zero-order valence-electron chi connectivity index (χ0n) is 14.5. The van der Waals surface area contributed by atoms with Crippen LogP contribution in [0, 0.1) is 0 Å². The van der Waals surface area contributed by atoms with Gasteiger partial charge in [-0.15, -0.1) is 35.5 Å². The van der Waals surface area contributed by atoms with E-state index in [1.165, 1.54) is 16.0 Å². The van der Waals surface area contributed by atoms with Crippen molar-refractivity contribution in [3.63, 3.8) is 0 Å². The highest BCUT2D eigenvalue weighted by Gasteiger charge is 2.28. The van der Waals surface area contributed by atoms with Crippen molar-refractivity contribution in [3.05, 3.63) is 57.3 Å². The molecule has 0 radical (unpaired) electrons. The Labute approximate surface area is 164 Å². The fraction of sp³-hybridized carbons (Fsp3) is 0.421. The number of halogens is 1. The van der Waals surface area contributed by atoms with Gasteiger partial charge >= 0.3 is 0 Å². The summed E-state index contributed by atoms with van der Waals surface area (Å²) in [5, 5.41) is 5.03. The fourth-order valence-corrected chi connectivity index (χ4v) is 5.23. The van der Waals surface area contributed by atoms with E-state index in [4.69, 9.17) is 5.73 Å². The number of fused-ring (bicyclic) bond motifs is 1. The second-order valence-corrected chi connectivity index (χ2v) is 8.69. The fourth-order valence-electron chi connectivity index (χ4n) is 2.91. The lowest BCUT2D eigenvalue weighted by Gasteiger charge is -2.22. The topological polar surface area (TPSA) is 55.1 Å². The average molecular weight is 397 g/mol. The quantitative estimate of drug-likeness (QED) is 0.785. The highest BCUT2D eigenvalue weighted by molar-refractivity contribution is 8.00. The zero-order chi connectivity index (χ0) is 17.1. The first-order valence-electron chi connectivity index (χ1n) is 8.37. The molecule has 1 aliphatic heterocycles. The number of aryl methyl sites for hydroxylation is 1. The van der Waals surface area contributed by atoms with Gasteiger partial charge in [-0.1, -0.05) is 38.1 Å². The highest BCUT2D eigenvalue weighted by atomic mass is 35.5. The predicted octanol–water partition coefficient (Wildman–Crippen LogP) is 4.44. The minimum absolute atomic E-state index is 0. The number of rotatable bonds is 5. The van der Waals surface area contributed by atoms with Crippen LogP contribution in [0.4, 0.5) is 0 Å². The molecule has 136 valence electrons. The maximum absolute atomic E-state index is 12.6. The van der Waals surface area contributed by atoms with Crippen LogP contribution in [0.15, 0.2) is 35.7 Å². The predicted molar refractivity (Wildman–Crippen MR) is 111 cm³/mol. The van der Waals surface area contributed by atoms with E-state index in [-0.39, 0.29) is 29.6 Å². The zero-order valence-corrected chi connectivity index (χ0v) is 17.0. The molecular formula is C19H25ClN2OS2. The normalized spacial score (nSPS) is 17.5. The summed E-state index contributed by atoms with van der Waals surface area (Å²) in [6, 6.07) is 10.3. The van der Waals surface area contributed by atoms with Gasteiger partial charge in [-0.05, 0) is 46.2 Å². The Morgan fingerprint density at radius 2 is 1.92 bits per heavy atom. The summed E-state index contributed by atoms with van der Waals surface area (Å²) in [6.45, 7) is 4.82. The van der Waals surface area contributed by atoms with E-state index in [9.17, 15) is 4.79 Å². The maximum Gasteiger partial charge on any atom is 0.237 e. The van der Waals surface area contributed by atoms with Crippen molar-refractivity contribution in [1.82, 2.24) is 5.32 Å². The van der Waals surface area contributed by atoms with Gasteiger partial charge in [0.25, 0.3) is 0 Å². The van der Waals surface area contributed by atoms with Crippen LogP contribution in [0.5, 0.6) is 0 Å². The Morgan fingerprint density at radius 1 is 1.24 bits per heavy atom. The number of carbonyl (C=O) groups is 1. The summed E-state index contributed by atoms with van der Waals surface area (Å²) < 4.78 is 0. The molecule has 2 aromatic rings. The van der Waals surface area contributed by atoms with Crippen molar-refractivity contribution < 1.29 is 4.79 Å². The molecule has 1 amide bonds. The molecule has 2 atom stereocenters. The largest absolute Gasteiger partial charge is 0.353 e. The molecule has 0 spiro atoms. The molecule has 3 N–H and O–H groups in total. The molecule has 0 saturated heterocycles. The van der Waals surface area contributed by atoms with Crippen molar-refractivity contribution >= 4 is 41.4 Å². The number of hydrogen-bond acceptors (Lipinski definition) is 4. The summed E-state index contributed by atoms with van der Waals surface area (Å²) >= 11 is 3.48. The summed E-state index contributed by atoms with van der Waals surface area (Å²) in [7, 11) is 0. The third-order valence-corrected chi connectivity index (χ3v) is 6.68. The van der Waals surface area contributed by atoms with Crippen LogP contribution >= 0.6 is 35.5 Å². The Kier molecular flexibility index (Phi) is 7.37. The first-order chi connectivity index (χ1) is 11.6. The van der Waals surface area contributed by atoms with Gasteiger partial charge in [0.2, 0.25) is 5.91 Å². The van der Waals surface area contributed by atoms with Gasteiger partial charge in [-0.25, -0.2) is 0 Å². The summed E-state index contributed by atoms with van der Waals surface area (Å²) in [4.78, 5) is 13.9. The van der Waals surface area contributed by atoms with Gasteiger partial charge in [0.15, 0.2) is 0 Å².